The summed E-state index contributed by atoms with van der Waals surface area (Å²) >= 11 is 0. The Hall–Kier alpha value is -2.03. The lowest BCUT2D eigenvalue weighted by Crippen LogP contribution is -2.05. The normalized spacial score (nSPS) is 10.3. The van der Waals surface area contributed by atoms with Gasteiger partial charge in [-0.15, -0.1) is 0 Å². The van der Waals surface area contributed by atoms with Gasteiger partial charge < -0.3 is 9.47 Å². The van der Waals surface area contributed by atoms with Crippen LogP contribution in [0.1, 0.15) is 12.0 Å². The van der Waals surface area contributed by atoms with Crippen LogP contribution in [0.4, 0.5) is 4.39 Å². The Morgan fingerprint density at radius 3 is 2.30 bits per heavy atom. The highest BCUT2D eigenvalue weighted by Crippen LogP contribution is 2.14. The third-order valence-electron chi connectivity index (χ3n) is 2.83. The number of rotatable bonds is 7. The second kappa shape index (κ2) is 7.53. The van der Waals surface area contributed by atoms with Crippen molar-refractivity contribution in [3.05, 3.63) is 66.8 Å². The van der Waals surface area contributed by atoms with Gasteiger partial charge >= 0.3 is 0 Å². The van der Waals surface area contributed by atoms with E-state index in [9.17, 15) is 4.39 Å². The first kappa shape index (κ1) is 14.4. The van der Waals surface area contributed by atoms with Crippen LogP contribution in [0.15, 0.2) is 48.5 Å². The Kier molecular flexibility index (Phi) is 5.42. The van der Waals surface area contributed by atoms with E-state index in [4.69, 9.17) is 9.47 Å². The first-order valence-electron chi connectivity index (χ1n) is 6.67. The van der Waals surface area contributed by atoms with Crippen molar-refractivity contribution >= 4 is 0 Å². The molecule has 2 rings (SSSR count). The molecule has 0 heterocycles. The zero-order valence-electron chi connectivity index (χ0n) is 11.3. The summed E-state index contributed by atoms with van der Waals surface area (Å²) in [5.41, 5.74) is 1.16. The van der Waals surface area contributed by atoms with Gasteiger partial charge in [0, 0.05) is 6.42 Å². The maximum Gasteiger partial charge on any atom is 0.123 e. The molecule has 0 aliphatic heterocycles. The summed E-state index contributed by atoms with van der Waals surface area (Å²) in [6, 6.07) is 13.9. The first-order valence-corrected chi connectivity index (χ1v) is 6.67. The molecule has 0 aliphatic carbocycles. The minimum absolute atomic E-state index is 0.258. The molecule has 0 aromatic heterocycles. The lowest BCUT2D eigenvalue weighted by molar-refractivity contribution is 0.247. The molecule has 2 nitrogen and oxygen atoms in total. The second-order valence-corrected chi connectivity index (χ2v) is 4.40. The smallest absolute Gasteiger partial charge is 0.123 e. The Morgan fingerprint density at radius 1 is 0.900 bits per heavy atom. The van der Waals surface area contributed by atoms with Gasteiger partial charge in [-0.3, -0.25) is 0 Å². The summed E-state index contributed by atoms with van der Waals surface area (Å²) < 4.78 is 23.8. The molecule has 0 saturated carbocycles. The van der Waals surface area contributed by atoms with Gasteiger partial charge in [0.15, 0.2) is 0 Å². The molecule has 20 heavy (non-hydrogen) atoms. The zero-order chi connectivity index (χ0) is 14.2. The van der Waals surface area contributed by atoms with Crippen LogP contribution in [-0.4, -0.2) is 13.2 Å². The molecule has 0 saturated heterocycles. The van der Waals surface area contributed by atoms with E-state index in [1.54, 1.807) is 12.1 Å². The molecule has 0 amide bonds. The van der Waals surface area contributed by atoms with Crippen LogP contribution in [0, 0.1) is 12.7 Å². The van der Waals surface area contributed by atoms with Crippen LogP contribution in [0.2, 0.25) is 0 Å². The highest BCUT2D eigenvalue weighted by atomic mass is 19.1. The molecule has 1 radical (unpaired) electrons. The van der Waals surface area contributed by atoms with Crippen molar-refractivity contribution in [1.29, 1.82) is 0 Å². The fourth-order valence-electron chi connectivity index (χ4n) is 1.76. The first-order chi connectivity index (χ1) is 9.78. The van der Waals surface area contributed by atoms with E-state index in [1.807, 2.05) is 24.3 Å². The molecule has 0 unspecified atom stereocenters. The molecular weight excluding hydrogens is 255 g/mol. The molecule has 3 heteroatoms. The van der Waals surface area contributed by atoms with Crippen LogP contribution >= 0.6 is 0 Å². The van der Waals surface area contributed by atoms with E-state index in [1.165, 1.54) is 12.1 Å². The summed E-state index contributed by atoms with van der Waals surface area (Å²) in [6.45, 7) is 4.97. The Bertz CT molecular complexity index is 523. The van der Waals surface area contributed by atoms with Crippen molar-refractivity contribution < 1.29 is 13.9 Å². The quantitative estimate of drug-likeness (QED) is 0.708. The number of hydrogen-bond donors (Lipinski definition) is 0. The molecule has 2 aromatic rings. The summed E-state index contributed by atoms with van der Waals surface area (Å²) in [5, 5.41) is 0. The van der Waals surface area contributed by atoms with E-state index in [0.29, 0.717) is 19.0 Å². The molecule has 2 aromatic carbocycles. The number of ether oxygens (including phenoxy) is 2. The van der Waals surface area contributed by atoms with E-state index in [0.717, 1.165) is 24.2 Å². The highest BCUT2D eigenvalue weighted by molar-refractivity contribution is 5.28. The standard InChI is InChI=1S/C17H18FO2/c1-2-14-5-3-6-17(13-14)20-12-4-11-19-16-9-7-15(18)8-10-16/h3,5-10,13H,1-2,4,11-12H2. The maximum atomic E-state index is 12.7. The third-order valence-corrected chi connectivity index (χ3v) is 2.83. The average Bonchev–Trinajstić information content (AvgIpc) is 2.49. The Morgan fingerprint density at radius 2 is 1.60 bits per heavy atom. The number of hydrogen-bond acceptors (Lipinski definition) is 2. The predicted octanol–water partition coefficient (Wildman–Crippen LogP) is 4.05. The highest BCUT2D eigenvalue weighted by Gasteiger charge is 1.97. The molecule has 0 N–H and O–H groups in total. The molecule has 0 spiro atoms. The molecule has 0 bridgehead atoms. The van der Waals surface area contributed by atoms with E-state index < -0.39 is 0 Å². The van der Waals surface area contributed by atoms with E-state index >= 15 is 0 Å². The monoisotopic (exact) mass is 273 g/mol. The van der Waals surface area contributed by atoms with Crippen LogP contribution in [0.5, 0.6) is 11.5 Å². The van der Waals surface area contributed by atoms with Crippen molar-refractivity contribution in [2.24, 2.45) is 0 Å². The van der Waals surface area contributed by atoms with E-state index in [2.05, 4.69) is 6.92 Å². The fourth-order valence-corrected chi connectivity index (χ4v) is 1.76. The number of halogens is 1. The van der Waals surface area contributed by atoms with Crippen LogP contribution < -0.4 is 9.47 Å². The maximum absolute atomic E-state index is 12.7. The second-order valence-electron chi connectivity index (χ2n) is 4.40. The van der Waals surface area contributed by atoms with Gasteiger partial charge in [-0.05, 0) is 55.3 Å². The van der Waals surface area contributed by atoms with Crippen molar-refractivity contribution in [3.8, 4) is 11.5 Å². The zero-order valence-corrected chi connectivity index (χ0v) is 11.3. The van der Waals surface area contributed by atoms with Gasteiger partial charge in [0.1, 0.15) is 17.3 Å². The summed E-state index contributed by atoms with van der Waals surface area (Å²) in [7, 11) is 0. The molecule has 0 atom stereocenters. The molecule has 0 aliphatic rings. The third kappa shape index (κ3) is 4.57. The van der Waals surface area contributed by atoms with Crippen LogP contribution in [0.3, 0.4) is 0 Å². The van der Waals surface area contributed by atoms with Gasteiger partial charge in [-0.25, -0.2) is 4.39 Å². The van der Waals surface area contributed by atoms with Gasteiger partial charge in [0.25, 0.3) is 0 Å². The summed E-state index contributed by atoms with van der Waals surface area (Å²) in [6.07, 6.45) is 1.52. The Balaban J connectivity index is 1.67. The van der Waals surface area contributed by atoms with Gasteiger partial charge in [0.2, 0.25) is 0 Å². The van der Waals surface area contributed by atoms with Crippen LogP contribution in [0.25, 0.3) is 0 Å². The SMILES string of the molecule is [CH2]Cc1cccc(OCCCOc2ccc(F)cc2)c1. The fraction of sp³-hybridized carbons (Fsp3) is 0.235. The average molecular weight is 273 g/mol. The molecule has 105 valence electrons. The van der Waals surface area contributed by atoms with Crippen LogP contribution in [-0.2, 0) is 6.42 Å². The lowest BCUT2D eigenvalue weighted by Gasteiger charge is -2.08. The summed E-state index contributed by atoms with van der Waals surface area (Å²) in [5.74, 6) is 1.27. The van der Waals surface area contributed by atoms with Crippen molar-refractivity contribution in [3.63, 3.8) is 0 Å². The van der Waals surface area contributed by atoms with E-state index in [-0.39, 0.29) is 5.82 Å². The lowest BCUT2D eigenvalue weighted by atomic mass is 10.2. The van der Waals surface area contributed by atoms with Crippen molar-refractivity contribution in [1.82, 2.24) is 0 Å². The predicted molar refractivity (Wildman–Crippen MR) is 77.5 cm³/mol. The van der Waals surface area contributed by atoms with Gasteiger partial charge in [-0.1, -0.05) is 12.1 Å². The Labute approximate surface area is 119 Å². The minimum atomic E-state index is -0.258. The van der Waals surface area contributed by atoms with Gasteiger partial charge in [0.05, 0.1) is 13.2 Å². The largest absolute Gasteiger partial charge is 0.493 e. The topological polar surface area (TPSA) is 18.5 Å². The number of benzene rings is 2. The minimum Gasteiger partial charge on any atom is -0.493 e. The summed E-state index contributed by atoms with van der Waals surface area (Å²) in [4.78, 5) is 0. The molecular formula is C17H18FO2. The van der Waals surface area contributed by atoms with Crippen molar-refractivity contribution in [2.45, 2.75) is 12.8 Å². The van der Waals surface area contributed by atoms with Crippen molar-refractivity contribution in [2.75, 3.05) is 13.2 Å². The molecule has 0 fully saturated rings. The van der Waals surface area contributed by atoms with Gasteiger partial charge in [-0.2, -0.15) is 0 Å².